The van der Waals surface area contributed by atoms with E-state index in [0.717, 1.165) is 0 Å². The van der Waals surface area contributed by atoms with Crippen molar-refractivity contribution in [1.82, 2.24) is 0 Å². The molecule has 0 N–H and O–H groups in total. The normalized spacial score (nSPS) is 15.3. The largest absolute Gasteiger partial charge is 4.00 e. The van der Waals surface area contributed by atoms with Gasteiger partial charge in [0.2, 0.25) is 0 Å². The monoisotopic (exact) mass is 512 g/mol. The molecular formula is C25H31Cl3SiTi. The fourth-order valence-corrected chi connectivity index (χ4v) is 9.74. The van der Waals surface area contributed by atoms with E-state index >= 15 is 0 Å². The minimum Gasteiger partial charge on any atom is -1.00 e. The molecule has 160 valence electrons. The van der Waals surface area contributed by atoms with Crippen LogP contribution in [0, 0.1) is 39.7 Å². The Kier molecular flexibility index (Phi) is 12.9. The Morgan fingerprint density at radius 2 is 1.00 bits per heavy atom. The van der Waals surface area contributed by atoms with Gasteiger partial charge in [0.05, 0.1) is 0 Å². The molecule has 0 aliphatic heterocycles. The smallest absolute Gasteiger partial charge is 1.00 e. The molecule has 1 aliphatic rings. The van der Waals surface area contributed by atoms with Crippen molar-refractivity contribution in [2.75, 3.05) is 0 Å². The molecule has 0 heterocycles. The molecule has 3 rings (SSSR count). The van der Waals surface area contributed by atoms with Gasteiger partial charge in [-0.15, -0.1) is 6.92 Å². The summed E-state index contributed by atoms with van der Waals surface area (Å²) in [6.45, 7) is 18.3. The third-order valence-electron chi connectivity index (χ3n) is 5.97. The zero-order valence-corrected chi connectivity index (χ0v) is 24.0. The molecule has 2 aromatic rings. The number of allylic oxidation sites excluding steroid dienone is 4. The van der Waals surface area contributed by atoms with Crippen LogP contribution in [-0.4, -0.2) is 8.07 Å². The second kappa shape index (κ2) is 12.1. The maximum Gasteiger partial charge on any atom is 4.00 e. The quantitative estimate of drug-likeness (QED) is 0.294. The molecule has 0 aromatic heterocycles. The van der Waals surface area contributed by atoms with Crippen molar-refractivity contribution in [3.63, 3.8) is 0 Å². The molecule has 0 spiro atoms. The molecule has 1 unspecified atom stereocenters. The van der Waals surface area contributed by atoms with Crippen LogP contribution in [0.5, 0.6) is 0 Å². The average Bonchev–Trinajstić information content (AvgIpc) is 2.77. The van der Waals surface area contributed by atoms with E-state index in [-0.39, 0.29) is 58.9 Å². The van der Waals surface area contributed by atoms with Crippen LogP contribution in [0.3, 0.4) is 0 Å². The predicted octanol–water partition coefficient (Wildman–Crippen LogP) is -3.62. The molecule has 2 aromatic carbocycles. The van der Waals surface area contributed by atoms with Crippen LogP contribution in [0.2, 0.25) is 6.55 Å². The molecule has 1 aliphatic carbocycles. The zero-order chi connectivity index (χ0) is 19.2. The van der Waals surface area contributed by atoms with E-state index in [0.29, 0.717) is 5.92 Å². The predicted molar refractivity (Wildman–Crippen MR) is 117 cm³/mol. The molecule has 0 radical (unpaired) electrons. The van der Waals surface area contributed by atoms with Gasteiger partial charge in [-0.3, -0.25) is 6.08 Å². The first-order valence-electron chi connectivity index (χ1n) is 9.62. The molecule has 0 amide bonds. The second-order valence-electron chi connectivity index (χ2n) is 8.41. The summed E-state index contributed by atoms with van der Waals surface area (Å²) in [7, 11) is -2.07. The van der Waals surface area contributed by atoms with E-state index < -0.39 is 8.07 Å². The fourth-order valence-electron chi connectivity index (χ4n) is 4.84. The van der Waals surface area contributed by atoms with Crippen LogP contribution in [0.15, 0.2) is 52.7 Å². The van der Waals surface area contributed by atoms with Crippen LogP contribution < -0.4 is 47.6 Å². The Labute approximate surface area is 218 Å². The number of rotatable bonds is 3. The molecule has 30 heavy (non-hydrogen) atoms. The van der Waals surface area contributed by atoms with Crippen molar-refractivity contribution in [3.8, 4) is 0 Å². The van der Waals surface area contributed by atoms with Crippen LogP contribution in [0.25, 0.3) is 0 Å². The topological polar surface area (TPSA) is 0 Å². The van der Waals surface area contributed by atoms with Gasteiger partial charge in [-0.1, -0.05) is 95.3 Å². The zero-order valence-electron chi connectivity index (χ0n) is 19.2. The van der Waals surface area contributed by atoms with Crippen molar-refractivity contribution in [3.05, 3.63) is 81.1 Å². The molecule has 0 nitrogen and oxygen atoms in total. The number of hydrogen-bond acceptors (Lipinski definition) is 0. The van der Waals surface area contributed by atoms with Gasteiger partial charge in [0.25, 0.3) is 0 Å². The molecule has 0 saturated carbocycles. The Morgan fingerprint density at radius 1 is 0.667 bits per heavy atom. The first-order valence-corrected chi connectivity index (χ1v) is 12.1. The van der Waals surface area contributed by atoms with Gasteiger partial charge < -0.3 is 37.2 Å². The summed E-state index contributed by atoms with van der Waals surface area (Å²) in [6, 6.07) is 14.3. The maximum atomic E-state index is 3.70. The first-order chi connectivity index (χ1) is 12.1. The second-order valence-corrected chi connectivity index (χ2v) is 12.4. The molecule has 1 atom stereocenters. The Morgan fingerprint density at radius 3 is 1.27 bits per heavy atom. The van der Waals surface area contributed by atoms with Crippen molar-refractivity contribution in [2.45, 2.75) is 55.0 Å². The van der Waals surface area contributed by atoms with Gasteiger partial charge >= 0.3 is 21.7 Å². The standard InChI is InChI=1S/C25H31Si.3ClH.Ti/c1-16-9-17(2)12-23(11-16)26(8,24-13-18(3)10-19(4)14-24)25-21(6)15-20(5)22(25)7;;;;/h9-14,21H,1-8H3;3*1H;/q-1;;;;+4/p-3. The molecule has 5 heteroatoms. The van der Waals surface area contributed by atoms with E-state index in [4.69, 9.17) is 0 Å². The van der Waals surface area contributed by atoms with Crippen molar-refractivity contribution < 1.29 is 58.9 Å². The van der Waals surface area contributed by atoms with Crippen LogP contribution in [0.1, 0.15) is 43.0 Å². The first kappa shape index (κ1) is 31.9. The van der Waals surface area contributed by atoms with Crippen molar-refractivity contribution >= 4 is 18.4 Å². The van der Waals surface area contributed by atoms with Crippen LogP contribution >= 0.6 is 0 Å². The average molecular weight is 514 g/mol. The fraction of sp³-hybridized carbons (Fsp3) is 0.360. The summed E-state index contributed by atoms with van der Waals surface area (Å²) in [5, 5.41) is 4.68. The minimum atomic E-state index is -2.07. The van der Waals surface area contributed by atoms with Gasteiger partial charge in [0.1, 0.15) is 8.07 Å². The van der Waals surface area contributed by atoms with Gasteiger partial charge in [-0.2, -0.15) is 5.20 Å². The Hall–Kier alpha value is -0.279. The Balaban J connectivity index is 0. The summed E-state index contributed by atoms with van der Waals surface area (Å²) in [5.41, 5.74) is 8.24. The summed E-state index contributed by atoms with van der Waals surface area (Å²) in [4.78, 5) is 0. The summed E-state index contributed by atoms with van der Waals surface area (Å²) in [6.07, 6.45) is 3.70. The third-order valence-corrected chi connectivity index (χ3v) is 10.7. The van der Waals surface area contributed by atoms with E-state index in [2.05, 4.69) is 97.5 Å². The summed E-state index contributed by atoms with van der Waals surface area (Å²) in [5.74, 6) is 0.397. The van der Waals surface area contributed by atoms with Gasteiger partial charge in [-0.05, 0) is 27.7 Å². The van der Waals surface area contributed by atoms with E-state index in [1.165, 1.54) is 43.8 Å². The molecule has 0 saturated heterocycles. The van der Waals surface area contributed by atoms with Crippen molar-refractivity contribution in [2.24, 2.45) is 5.92 Å². The summed E-state index contributed by atoms with van der Waals surface area (Å²) >= 11 is 0. The number of benzene rings is 2. The molecule has 0 fully saturated rings. The van der Waals surface area contributed by atoms with E-state index in [1.807, 2.05) is 0 Å². The maximum absolute atomic E-state index is 3.70. The third kappa shape index (κ3) is 5.94. The van der Waals surface area contributed by atoms with Crippen LogP contribution in [-0.2, 0) is 21.7 Å². The number of aryl methyl sites for hydroxylation is 4. The SMILES string of the molecule is CC1=[C-]C(C)C([Si](C)(c2cc(C)cc(C)c2)c2cc(C)cc(C)c2)=C1C.[Cl-].[Cl-].[Cl-].[Ti+4]. The van der Waals surface area contributed by atoms with Gasteiger partial charge in [-0.25, -0.2) is 11.1 Å². The van der Waals surface area contributed by atoms with E-state index in [9.17, 15) is 0 Å². The molecule has 0 bridgehead atoms. The number of hydrogen-bond donors (Lipinski definition) is 0. The van der Waals surface area contributed by atoms with E-state index in [1.54, 1.807) is 5.20 Å². The van der Waals surface area contributed by atoms with Gasteiger partial charge in [0, 0.05) is 0 Å². The number of halogens is 3. The summed E-state index contributed by atoms with van der Waals surface area (Å²) < 4.78 is 0. The van der Waals surface area contributed by atoms with Crippen molar-refractivity contribution in [1.29, 1.82) is 0 Å². The van der Waals surface area contributed by atoms with Crippen LogP contribution in [0.4, 0.5) is 0 Å². The Bertz CT molecular complexity index is 855. The minimum absolute atomic E-state index is 0. The molecular weight excluding hydrogens is 483 g/mol. The van der Waals surface area contributed by atoms with Gasteiger partial charge in [0.15, 0.2) is 0 Å².